The Hall–Kier alpha value is -0.0600. The van der Waals surface area contributed by atoms with Crippen molar-refractivity contribution in [1.82, 2.24) is 0 Å². The number of carboxylic acids is 2. The fourth-order valence-corrected chi connectivity index (χ4v) is 2.63. The molecule has 0 unspecified atom stereocenters. The van der Waals surface area contributed by atoms with Crippen LogP contribution < -0.4 is 0 Å². The molecule has 0 amide bonds. The average Bonchev–Trinajstić information content (AvgIpc) is 2.20. The molecule has 0 saturated heterocycles. The summed E-state index contributed by atoms with van der Waals surface area (Å²) >= 11 is 0. The van der Waals surface area contributed by atoms with Crippen LogP contribution in [0.3, 0.4) is 0 Å². The van der Waals surface area contributed by atoms with Gasteiger partial charge >= 0.3 is 41.5 Å². The van der Waals surface area contributed by atoms with Gasteiger partial charge in [-0.1, -0.05) is 26.2 Å². The number of aliphatic carboxylic acids is 2. The van der Waals surface area contributed by atoms with Gasteiger partial charge in [-0.3, -0.25) is 9.59 Å². The van der Waals surface area contributed by atoms with Gasteiger partial charge in [0.25, 0.3) is 0 Å². The summed E-state index contributed by atoms with van der Waals surface area (Å²) in [6.07, 6.45) is 4.62. The summed E-state index contributed by atoms with van der Waals surface area (Å²) in [7, 11) is 0. The molecule has 1 aliphatic rings. The van der Waals surface area contributed by atoms with Crippen LogP contribution in [0, 0.1) is 11.3 Å². The first-order valence-corrected chi connectivity index (χ1v) is 5.52. The summed E-state index contributed by atoms with van der Waals surface area (Å²) in [5.74, 6) is -2.56. The summed E-state index contributed by atoms with van der Waals surface area (Å²) in [4.78, 5) is 22.4. The molecule has 4 nitrogen and oxygen atoms in total. The first-order valence-electron chi connectivity index (χ1n) is 5.52. The van der Waals surface area contributed by atoms with Gasteiger partial charge in [-0.15, -0.1) is 0 Å². The summed E-state index contributed by atoms with van der Waals surface area (Å²) in [6.45, 7) is 1.65. The van der Waals surface area contributed by atoms with E-state index in [0.29, 0.717) is 0 Å². The third-order valence-electron chi connectivity index (χ3n) is 3.62. The zero-order chi connectivity index (χ0) is 11.5. The predicted octanol–water partition coefficient (Wildman–Crippen LogP) is 1.48. The van der Waals surface area contributed by atoms with Crippen molar-refractivity contribution in [3.05, 3.63) is 0 Å². The van der Waals surface area contributed by atoms with E-state index >= 15 is 0 Å². The molecule has 1 saturated carbocycles. The molecular weight excluding hydrogens is 219 g/mol. The topological polar surface area (TPSA) is 74.6 Å². The van der Waals surface area contributed by atoms with Crippen molar-refractivity contribution in [3.63, 3.8) is 0 Å². The van der Waals surface area contributed by atoms with Crippen molar-refractivity contribution in [2.24, 2.45) is 11.3 Å². The van der Waals surface area contributed by atoms with Gasteiger partial charge in [0.15, 0.2) is 5.41 Å². The molecule has 88 valence electrons. The van der Waals surface area contributed by atoms with Gasteiger partial charge in [0.05, 0.1) is 0 Å². The normalized spacial score (nSPS) is 17.6. The van der Waals surface area contributed by atoms with Crippen molar-refractivity contribution in [2.45, 2.75) is 45.4 Å². The first-order chi connectivity index (χ1) is 7.05. The third kappa shape index (κ3) is 2.79. The minimum atomic E-state index is -1.56. The van der Waals surface area contributed by atoms with Gasteiger partial charge in [0, 0.05) is 0 Å². The molecule has 0 radical (unpaired) electrons. The second-order valence-corrected chi connectivity index (χ2v) is 4.27. The molecule has 1 fully saturated rings. The first kappa shape index (κ1) is 15.9. The molecule has 0 bridgehead atoms. The molecule has 2 N–H and O–H groups in total. The maximum atomic E-state index is 11.2. The molecule has 0 atom stereocenters. The van der Waals surface area contributed by atoms with Gasteiger partial charge < -0.3 is 10.2 Å². The Kier molecular flexibility index (Phi) is 6.60. The number of carbonyl (C=O) groups is 2. The molecule has 0 aromatic heterocycles. The second-order valence-electron chi connectivity index (χ2n) is 4.27. The van der Waals surface area contributed by atoms with Gasteiger partial charge in [-0.05, 0) is 25.2 Å². The SMILES string of the molecule is CCC(C(=O)O)(C(=O)O)C1CCCCC1.[NaH]. The molecule has 0 spiro atoms. The molecule has 1 rings (SSSR count). The van der Waals surface area contributed by atoms with Crippen LogP contribution in [0.4, 0.5) is 0 Å². The Balaban J connectivity index is 0.00000225. The van der Waals surface area contributed by atoms with E-state index in [9.17, 15) is 9.59 Å². The van der Waals surface area contributed by atoms with E-state index < -0.39 is 17.4 Å². The number of rotatable bonds is 4. The Morgan fingerprint density at radius 1 is 1.12 bits per heavy atom. The van der Waals surface area contributed by atoms with Crippen LogP contribution in [0.5, 0.6) is 0 Å². The molecule has 0 heterocycles. The minimum absolute atomic E-state index is 0. The van der Waals surface area contributed by atoms with E-state index in [2.05, 4.69) is 0 Å². The molecule has 0 aliphatic heterocycles. The molecule has 0 aromatic rings. The average molecular weight is 238 g/mol. The van der Waals surface area contributed by atoms with Crippen molar-refractivity contribution in [2.75, 3.05) is 0 Å². The van der Waals surface area contributed by atoms with E-state index in [4.69, 9.17) is 10.2 Å². The Labute approximate surface area is 118 Å². The van der Waals surface area contributed by atoms with Crippen LogP contribution in [0.1, 0.15) is 45.4 Å². The van der Waals surface area contributed by atoms with Crippen LogP contribution >= 0.6 is 0 Å². The van der Waals surface area contributed by atoms with Crippen LogP contribution in [-0.4, -0.2) is 51.7 Å². The van der Waals surface area contributed by atoms with E-state index in [0.717, 1.165) is 32.1 Å². The van der Waals surface area contributed by atoms with Crippen molar-refractivity contribution >= 4 is 41.5 Å². The zero-order valence-electron chi connectivity index (χ0n) is 9.03. The molecule has 0 aromatic carbocycles. The van der Waals surface area contributed by atoms with Crippen LogP contribution in [0.2, 0.25) is 0 Å². The molecule has 1 aliphatic carbocycles. The Morgan fingerprint density at radius 3 is 1.88 bits per heavy atom. The summed E-state index contributed by atoms with van der Waals surface area (Å²) < 4.78 is 0. The standard InChI is InChI=1S/C11H18O4.Na.H/c1-2-11(9(12)13,10(14)15)8-6-4-3-5-7-8;;/h8H,2-7H2,1H3,(H,12,13)(H,14,15);;. The van der Waals surface area contributed by atoms with Crippen LogP contribution in [0.15, 0.2) is 0 Å². The van der Waals surface area contributed by atoms with E-state index in [1.807, 2.05) is 0 Å². The van der Waals surface area contributed by atoms with Gasteiger partial charge in [-0.25, -0.2) is 0 Å². The summed E-state index contributed by atoms with van der Waals surface area (Å²) in [5, 5.41) is 18.3. The Morgan fingerprint density at radius 2 is 1.56 bits per heavy atom. The van der Waals surface area contributed by atoms with Crippen LogP contribution in [0.25, 0.3) is 0 Å². The Bertz CT molecular complexity index is 245. The third-order valence-corrected chi connectivity index (χ3v) is 3.62. The van der Waals surface area contributed by atoms with Crippen molar-refractivity contribution in [3.8, 4) is 0 Å². The van der Waals surface area contributed by atoms with Gasteiger partial charge in [0.2, 0.25) is 0 Å². The van der Waals surface area contributed by atoms with E-state index in [1.54, 1.807) is 6.92 Å². The fraction of sp³-hybridized carbons (Fsp3) is 0.818. The van der Waals surface area contributed by atoms with Gasteiger partial charge in [-0.2, -0.15) is 0 Å². The van der Waals surface area contributed by atoms with E-state index in [1.165, 1.54) is 0 Å². The van der Waals surface area contributed by atoms with Crippen molar-refractivity contribution in [1.29, 1.82) is 0 Å². The molecule has 16 heavy (non-hydrogen) atoms. The maximum absolute atomic E-state index is 11.2. The van der Waals surface area contributed by atoms with Gasteiger partial charge in [0.1, 0.15) is 0 Å². The second kappa shape index (κ2) is 6.62. The number of carboxylic acid groups (broad SMARTS) is 2. The van der Waals surface area contributed by atoms with Crippen molar-refractivity contribution < 1.29 is 19.8 Å². The summed E-state index contributed by atoms with van der Waals surface area (Å²) in [5.41, 5.74) is -1.56. The summed E-state index contributed by atoms with van der Waals surface area (Å²) in [6, 6.07) is 0. The monoisotopic (exact) mass is 238 g/mol. The number of hydrogen-bond donors (Lipinski definition) is 2. The fourth-order valence-electron chi connectivity index (χ4n) is 2.63. The van der Waals surface area contributed by atoms with Crippen LogP contribution in [-0.2, 0) is 9.59 Å². The zero-order valence-corrected chi connectivity index (χ0v) is 9.03. The number of hydrogen-bond acceptors (Lipinski definition) is 2. The predicted molar refractivity (Wildman–Crippen MR) is 61.7 cm³/mol. The van der Waals surface area contributed by atoms with E-state index in [-0.39, 0.29) is 41.9 Å². The molecule has 5 heteroatoms. The quantitative estimate of drug-likeness (QED) is 0.574. The molecular formula is C11H19NaO4.